The Bertz CT molecular complexity index is 601. The molecule has 5 heteroatoms. The van der Waals surface area contributed by atoms with Gasteiger partial charge in [0.05, 0.1) is 10.0 Å². The number of halogens is 4. The van der Waals surface area contributed by atoms with Crippen molar-refractivity contribution in [3.8, 4) is 0 Å². The molecule has 0 aliphatic rings. The van der Waals surface area contributed by atoms with Gasteiger partial charge in [-0.05, 0) is 35.7 Å². The second-order valence-corrected chi connectivity index (χ2v) is 5.38. The normalized spacial score (nSPS) is 12.5. The Morgan fingerprint density at radius 1 is 1.05 bits per heavy atom. The Labute approximate surface area is 126 Å². The molecular weight excluding hydrogens is 308 g/mol. The number of hydrogen-bond donors (Lipinski definition) is 1. The van der Waals surface area contributed by atoms with Gasteiger partial charge in [-0.2, -0.15) is 0 Å². The Morgan fingerprint density at radius 2 is 1.79 bits per heavy atom. The minimum atomic E-state index is -0.387. The van der Waals surface area contributed by atoms with Gasteiger partial charge in [-0.25, -0.2) is 4.39 Å². The highest BCUT2D eigenvalue weighted by atomic mass is 35.5. The van der Waals surface area contributed by atoms with Crippen LogP contribution < -0.4 is 5.73 Å². The molecule has 0 aliphatic heterocycles. The second kappa shape index (κ2) is 6.10. The summed E-state index contributed by atoms with van der Waals surface area (Å²) in [6, 6.07) is 9.17. The molecule has 2 aromatic rings. The van der Waals surface area contributed by atoms with E-state index in [9.17, 15) is 4.39 Å². The Morgan fingerprint density at radius 3 is 2.47 bits per heavy atom. The molecule has 2 rings (SSSR count). The van der Waals surface area contributed by atoms with Gasteiger partial charge in [-0.1, -0.05) is 53.0 Å². The summed E-state index contributed by atoms with van der Waals surface area (Å²) in [6.07, 6.45) is 0.477. The summed E-state index contributed by atoms with van der Waals surface area (Å²) in [5.41, 5.74) is 7.60. The highest BCUT2D eigenvalue weighted by Gasteiger charge is 2.14. The SMILES string of the molecule is NC(Cc1cccc(Cl)c1Cl)c1ccc(F)cc1Cl. The van der Waals surface area contributed by atoms with Gasteiger partial charge in [0.1, 0.15) is 5.82 Å². The lowest BCUT2D eigenvalue weighted by molar-refractivity contribution is 0.624. The average molecular weight is 319 g/mol. The maximum Gasteiger partial charge on any atom is 0.124 e. The van der Waals surface area contributed by atoms with Crippen LogP contribution in [0.15, 0.2) is 36.4 Å². The molecule has 0 amide bonds. The fourth-order valence-electron chi connectivity index (χ4n) is 1.86. The van der Waals surface area contributed by atoms with Crippen LogP contribution in [-0.2, 0) is 6.42 Å². The summed E-state index contributed by atoms with van der Waals surface area (Å²) in [6.45, 7) is 0. The van der Waals surface area contributed by atoms with Crippen LogP contribution in [0.4, 0.5) is 4.39 Å². The Hall–Kier alpha value is -0.800. The van der Waals surface area contributed by atoms with E-state index in [-0.39, 0.29) is 11.9 Å². The van der Waals surface area contributed by atoms with Gasteiger partial charge >= 0.3 is 0 Å². The van der Waals surface area contributed by atoms with Crippen LogP contribution in [0.5, 0.6) is 0 Å². The molecule has 0 aliphatic carbocycles. The summed E-state index contributed by atoms with van der Waals surface area (Å²) in [5.74, 6) is -0.387. The van der Waals surface area contributed by atoms with Gasteiger partial charge in [0, 0.05) is 11.1 Å². The fourth-order valence-corrected chi connectivity index (χ4v) is 2.56. The first-order valence-electron chi connectivity index (χ1n) is 5.62. The molecule has 0 aromatic heterocycles. The van der Waals surface area contributed by atoms with Gasteiger partial charge in [-0.3, -0.25) is 0 Å². The van der Waals surface area contributed by atoms with Gasteiger partial charge in [-0.15, -0.1) is 0 Å². The van der Waals surface area contributed by atoms with Crippen LogP contribution >= 0.6 is 34.8 Å². The van der Waals surface area contributed by atoms with Crippen molar-refractivity contribution in [2.45, 2.75) is 12.5 Å². The summed E-state index contributed by atoms with van der Waals surface area (Å²) in [5, 5.41) is 1.28. The van der Waals surface area contributed by atoms with Crippen molar-refractivity contribution in [1.29, 1.82) is 0 Å². The molecule has 0 radical (unpaired) electrons. The van der Waals surface area contributed by atoms with E-state index in [4.69, 9.17) is 40.5 Å². The first kappa shape index (κ1) is 14.6. The van der Waals surface area contributed by atoms with Crippen molar-refractivity contribution in [2.75, 3.05) is 0 Å². The lowest BCUT2D eigenvalue weighted by Gasteiger charge is -2.15. The zero-order valence-electron chi connectivity index (χ0n) is 9.84. The van der Waals surface area contributed by atoms with E-state index >= 15 is 0 Å². The van der Waals surface area contributed by atoms with Crippen molar-refractivity contribution in [3.63, 3.8) is 0 Å². The molecule has 0 saturated carbocycles. The standard InChI is InChI=1S/C14H11Cl3FN/c15-11-3-1-2-8(14(11)17)6-13(19)10-5-4-9(18)7-12(10)16/h1-5,7,13H,6,19H2. The molecule has 2 N–H and O–H groups in total. The molecule has 2 aromatic carbocycles. The van der Waals surface area contributed by atoms with Crippen LogP contribution in [0.2, 0.25) is 15.1 Å². The molecule has 100 valence electrons. The van der Waals surface area contributed by atoms with E-state index in [2.05, 4.69) is 0 Å². The van der Waals surface area contributed by atoms with Crippen LogP contribution in [0, 0.1) is 5.82 Å². The Balaban J connectivity index is 2.25. The number of rotatable bonds is 3. The zero-order valence-corrected chi connectivity index (χ0v) is 12.1. The molecule has 0 saturated heterocycles. The molecule has 0 spiro atoms. The lowest BCUT2D eigenvalue weighted by Crippen LogP contribution is -2.14. The van der Waals surface area contributed by atoms with Gasteiger partial charge in [0.2, 0.25) is 0 Å². The first-order chi connectivity index (χ1) is 8.99. The van der Waals surface area contributed by atoms with Gasteiger partial charge < -0.3 is 5.73 Å². The van der Waals surface area contributed by atoms with E-state index in [0.29, 0.717) is 27.1 Å². The topological polar surface area (TPSA) is 26.0 Å². The van der Waals surface area contributed by atoms with E-state index in [0.717, 1.165) is 5.56 Å². The first-order valence-corrected chi connectivity index (χ1v) is 6.76. The largest absolute Gasteiger partial charge is 0.324 e. The summed E-state index contributed by atoms with van der Waals surface area (Å²) < 4.78 is 13.0. The lowest BCUT2D eigenvalue weighted by atomic mass is 9.99. The highest BCUT2D eigenvalue weighted by Crippen LogP contribution is 2.30. The van der Waals surface area contributed by atoms with Crippen LogP contribution in [0.25, 0.3) is 0 Å². The predicted molar refractivity (Wildman–Crippen MR) is 78.5 cm³/mol. The van der Waals surface area contributed by atoms with Crippen LogP contribution in [0.1, 0.15) is 17.2 Å². The summed E-state index contributed by atoms with van der Waals surface area (Å²) in [4.78, 5) is 0. The third-order valence-corrected chi connectivity index (χ3v) is 4.02. The number of hydrogen-bond acceptors (Lipinski definition) is 1. The molecule has 0 heterocycles. The highest BCUT2D eigenvalue weighted by molar-refractivity contribution is 6.42. The van der Waals surface area contributed by atoms with Crippen molar-refractivity contribution >= 4 is 34.8 Å². The molecule has 0 bridgehead atoms. The molecule has 1 atom stereocenters. The van der Waals surface area contributed by atoms with E-state index in [1.54, 1.807) is 12.1 Å². The second-order valence-electron chi connectivity index (χ2n) is 4.19. The van der Waals surface area contributed by atoms with Crippen molar-refractivity contribution in [1.82, 2.24) is 0 Å². The minimum Gasteiger partial charge on any atom is -0.324 e. The average Bonchev–Trinajstić information content (AvgIpc) is 2.34. The van der Waals surface area contributed by atoms with Crippen molar-refractivity contribution in [2.24, 2.45) is 5.73 Å². The number of nitrogens with two attached hydrogens (primary N) is 1. The summed E-state index contributed by atoms with van der Waals surface area (Å²) >= 11 is 18.0. The van der Waals surface area contributed by atoms with Gasteiger partial charge in [0.25, 0.3) is 0 Å². The van der Waals surface area contributed by atoms with E-state index < -0.39 is 0 Å². The molecule has 1 nitrogen and oxygen atoms in total. The van der Waals surface area contributed by atoms with Crippen molar-refractivity contribution in [3.05, 3.63) is 68.4 Å². The third kappa shape index (κ3) is 3.40. The predicted octanol–water partition coefficient (Wildman–Crippen LogP) is 5.03. The maximum atomic E-state index is 13.0. The Kier molecular flexibility index (Phi) is 4.69. The van der Waals surface area contributed by atoms with Crippen molar-refractivity contribution < 1.29 is 4.39 Å². The molecule has 0 fully saturated rings. The monoisotopic (exact) mass is 317 g/mol. The number of benzene rings is 2. The molecular formula is C14H11Cl3FN. The fraction of sp³-hybridized carbons (Fsp3) is 0.143. The van der Waals surface area contributed by atoms with Crippen LogP contribution in [-0.4, -0.2) is 0 Å². The quantitative estimate of drug-likeness (QED) is 0.844. The molecule has 1 unspecified atom stereocenters. The smallest absolute Gasteiger partial charge is 0.124 e. The minimum absolute atomic E-state index is 0.311. The third-order valence-electron chi connectivity index (χ3n) is 2.83. The van der Waals surface area contributed by atoms with E-state index in [1.165, 1.54) is 12.1 Å². The summed E-state index contributed by atoms with van der Waals surface area (Å²) in [7, 11) is 0. The zero-order chi connectivity index (χ0) is 14.0. The van der Waals surface area contributed by atoms with Gasteiger partial charge in [0.15, 0.2) is 0 Å². The van der Waals surface area contributed by atoms with Crippen LogP contribution in [0.3, 0.4) is 0 Å². The molecule has 19 heavy (non-hydrogen) atoms. The maximum absolute atomic E-state index is 13.0. The van der Waals surface area contributed by atoms with E-state index in [1.807, 2.05) is 12.1 Å².